The number of nitroso groups, excluding NO2 is 1. The summed E-state index contributed by atoms with van der Waals surface area (Å²) in [6.45, 7) is 0.972. The molecule has 4 aromatic rings. The molecule has 37 heavy (non-hydrogen) atoms. The normalized spacial score (nSPS) is 14.5. The van der Waals surface area contributed by atoms with Crippen molar-refractivity contribution >= 4 is 5.71 Å². The van der Waals surface area contributed by atoms with Crippen LogP contribution in [0.2, 0.25) is 0 Å². The molecule has 0 aliphatic carbocycles. The Labute approximate surface area is 214 Å². The first-order valence-corrected chi connectivity index (χ1v) is 11.7. The monoisotopic (exact) mass is 500 g/mol. The van der Waals surface area contributed by atoms with E-state index in [-0.39, 0.29) is 11.5 Å². The van der Waals surface area contributed by atoms with Crippen LogP contribution in [0.3, 0.4) is 0 Å². The van der Waals surface area contributed by atoms with E-state index in [4.69, 9.17) is 9.94 Å². The van der Waals surface area contributed by atoms with E-state index in [0.29, 0.717) is 5.71 Å². The Morgan fingerprint density at radius 2 is 1.41 bits per heavy atom. The van der Waals surface area contributed by atoms with Crippen LogP contribution in [0, 0.1) is 4.91 Å². The molecule has 1 heterocycles. The van der Waals surface area contributed by atoms with Crippen LogP contribution in [0.4, 0.5) is 0 Å². The summed E-state index contributed by atoms with van der Waals surface area (Å²) in [4.78, 5) is 25.0. The lowest BCUT2D eigenvalue weighted by atomic mass is 9.80. The van der Waals surface area contributed by atoms with Gasteiger partial charge in [0.1, 0.15) is 17.9 Å². The highest BCUT2D eigenvalue weighted by Gasteiger charge is 2.39. The van der Waals surface area contributed by atoms with E-state index in [2.05, 4.69) is 20.3 Å². The summed E-state index contributed by atoms with van der Waals surface area (Å²) in [7, 11) is 0. The van der Waals surface area contributed by atoms with Gasteiger partial charge < -0.3 is 25.1 Å². The lowest BCUT2D eigenvalue weighted by molar-refractivity contribution is -0.0266. The summed E-state index contributed by atoms with van der Waals surface area (Å²) >= 11 is 0. The molecule has 0 radical (unpaired) electrons. The number of oxime groups is 1. The zero-order valence-electron chi connectivity index (χ0n) is 20.2. The Kier molecular flexibility index (Phi) is 8.19. The molecule has 3 atom stereocenters. The topological polar surface area (TPSA) is 140 Å². The quantitative estimate of drug-likeness (QED) is 0.107. The van der Waals surface area contributed by atoms with Gasteiger partial charge in [-0.15, -0.1) is 4.91 Å². The van der Waals surface area contributed by atoms with Gasteiger partial charge in [0.25, 0.3) is 0 Å². The lowest BCUT2D eigenvalue weighted by Crippen LogP contribution is -2.34. The summed E-state index contributed by atoms with van der Waals surface area (Å²) in [5.41, 5.74) is 2.08. The second-order valence-electron chi connectivity index (χ2n) is 8.53. The average molecular weight is 501 g/mol. The molecule has 0 amide bonds. The predicted molar refractivity (Wildman–Crippen MR) is 139 cm³/mol. The zero-order chi connectivity index (χ0) is 26.3. The van der Waals surface area contributed by atoms with E-state index in [9.17, 15) is 15.1 Å². The first-order valence-electron chi connectivity index (χ1n) is 11.7. The molecule has 0 fully saturated rings. The van der Waals surface area contributed by atoms with E-state index in [1.165, 1.54) is 6.20 Å². The second-order valence-corrected chi connectivity index (χ2v) is 8.53. The molecule has 4 rings (SSSR count). The van der Waals surface area contributed by atoms with Crippen LogP contribution in [-0.2, 0) is 10.4 Å². The maximum Gasteiger partial charge on any atom is 0.212 e. The SMILES string of the molecule is C/C(=N\OC(c1ccccc1)(c1ccccc1)c1ccccc1)c1ncc([C@@H](N=O)[C@H](O)[C@H](O)CO)[nH]1. The molecule has 0 spiro atoms. The Hall–Kier alpha value is -4.18. The van der Waals surface area contributed by atoms with Gasteiger partial charge in [-0.25, -0.2) is 4.98 Å². The summed E-state index contributed by atoms with van der Waals surface area (Å²) in [6, 6.07) is 27.9. The number of aliphatic hydroxyl groups excluding tert-OH is 3. The summed E-state index contributed by atoms with van der Waals surface area (Å²) in [5, 5.41) is 36.3. The van der Waals surface area contributed by atoms with Crippen LogP contribution in [0.5, 0.6) is 0 Å². The van der Waals surface area contributed by atoms with E-state index in [0.717, 1.165) is 16.7 Å². The third kappa shape index (κ3) is 5.34. The van der Waals surface area contributed by atoms with Gasteiger partial charge in [0.05, 0.1) is 18.5 Å². The van der Waals surface area contributed by atoms with E-state index in [1.54, 1.807) is 6.92 Å². The number of hydrogen-bond acceptors (Lipinski definition) is 8. The number of nitrogens with zero attached hydrogens (tertiary/aromatic N) is 3. The Balaban J connectivity index is 1.75. The van der Waals surface area contributed by atoms with Crippen molar-refractivity contribution in [1.82, 2.24) is 9.97 Å². The molecule has 1 aromatic heterocycles. The Morgan fingerprint density at radius 1 is 0.919 bits per heavy atom. The number of aromatic nitrogens is 2. The number of benzene rings is 3. The zero-order valence-corrected chi connectivity index (χ0v) is 20.2. The highest BCUT2D eigenvalue weighted by atomic mass is 16.7. The van der Waals surface area contributed by atoms with Crippen molar-refractivity contribution in [3.8, 4) is 0 Å². The molecule has 0 unspecified atom stereocenters. The minimum absolute atomic E-state index is 0.167. The fraction of sp³-hybridized carbons (Fsp3) is 0.214. The highest BCUT2D eigenvalue weighted by Crippen LogP contribution is 2.40. The minimum atomic E-state index is -1.61. The molecule has 9 nitrogen and oxygen atoms in total. The first-order chi connectivity index (χ1) is 18.0. The van der Waals surface area contributed by atoms with Crippen molar-refractivity contribution in [2.75, 3.05) is 6.61 Å². The summed E-state index contributed by atoms with van der Waals surface area (Å²) < 4.78 is 0. The molecule has 9 heteroatoms. The van der Waals surface area contributed by atoms with Crippen molar-refractivity contribution in [3.05, 3.63) is 130 Å². The molecule has 3 aromatic carbocycles. The number of aromatic amines is 1. The van der Waals surface area contributed by atoms with Gasteiger partial charge >= 0.3 is 0 Å². The largest absolute Gasteiger partial charge is 0.394 e. The van der Waals surface area contributed by atoms with Crippen LogP contribution in [0.25, 0.3) is 0 Å². The maximum atomic E-state index is 11.4. The number of hydrogen-bond donors (Lipinski definition) is 4. The van der Waals surface area contributed by atoms with Crippen molar-refractivity contribution < 1.29 is 20.2 Å². The molecule has 0 saturated carbocycles. The Morgan fingerprint density at radius 3 is 1.84 bits per heavy atom. The number of H-pyrrole nitrogens is 1. The number of aliphatic hydroxyl groups is 3. The number of imidazole rings is 1. The lowest BCUT2D eigenvalue weighted by Gasteiger charge is -2.33. The maximum absolute atomic E-state index is 11.4. The van der Waals surface area contributed by atoms with Gasteiger partial charge in [-0.05, 0) is 6.92 Å². The van der Waals surface area contributed by atoms with Gasteiger partial charge in [-0.1, -0.05) is 101 Å². The van der Waals surface area contributed by atoms with Gasteiger partial charge in [0.2, 0.25) is 5.60 Å². The van der Waals surface area contributed by atoms with Crippen molar-refractivity contribution in [3.63, 3.8) is 0 Å². The van der Waals surface area contributed by atoms with Crippen LogP contribution in [0.1, 0.15) is 41.2 Å². The predicted octanol–water partition coefficient (Wildman–Crippen LogP) is 3.66. The smallest absolute Gasteiger partial charge is 0.212 e. The molecular weight excluding hydrogens is 472 g/mol. The van der Waals surface area contributed by atoms with Crippen LogP contribution in [-0.4, -0.2) is 49.8 Å². The van der Waals surface area contributed by atoms with Crippen molar-refractivity contribution in [2.24, 2.45) is 10.3 Å². The molecule has 0 aliphatic heterocycles. The van der Waals surface area contributed by atoms with Gasteiger partial charge in [0.15, 0.2) is 11.9 Å². The average Bonchev–Trinajstić information content (AvgIpc) is 3.45. The van der Waals surface area contributed by atoms with Crippen LogP contribution in [0.15, 0.2) is 108 Å². The minimum Gasteiger partial charge on any atom is -0.394 e. The van der Waals surface area contributed by atoms with Crippen LogP contribution >= 0.6 is 0 Å². The van der Waals surface area contributed by atoms with Gasteiger partial charge in [0, 0.05) is 16.7 Å². The van der Waals surface area contributed by atoms with Gasteiger partial charge in [-0.3, -0.25) is 0 Å². The molecule has 4 N–H and O–H groups in total. The number of rotatable bonds is 11. The third-order valence-corrected chi connectivity index (χ3v) is 6.14. The van der Waals surface area contributed by atoms with E-state index >= 15 is 0 Å². The molecule has 0 saturated heterocycles. The third-order valence-electron chi connectivity index (χ3n) is 6.14. The second kappa shape index (κ2) is 11.7. The van der Waals surface area contributed by atoms with Crippen molar-refractivity contribution in [2.45, 2.75) is 30.8 Å². The first kappa shape index (κ1) is 25.9. The fourth-order valence-electron chi connectivity index (χ4n) is 4.15. The Bertz CT molecular complexity index is 1220. The van der Waals surface area contributed by atoms with Crippen LogP contribution < -0.4 is 0 Å². The van der Waals surface area contributed by atoms with Crippen molar-refractivity contribution in [1.29, 1.82) is 0 Å². The molecule has 0 aliphatic rings. The summed E-state index contributed by atoms with van der Waals surface area (Å²) in [5.74, 6) is 0.289. The van der Waals surface area contributed by atoms with Gasteiger partial charge in [-0.2, -0.15) is 0 Å². The van der Waals surface area contributed by atoms with E-state index in [1.807, 2.05) is 91.0 Å². The standard InChI is InChI=1S/C28H28N4O5/c1-19(27-29-17-23(30-27)25(31-36)26(35)24(34)18-33)32-37-28(20-11-5-2-6-12-20,21-13-7-3-8-14-21)22-15-9-4-10-16-22/h2-17,24-26,33-35H,18H2,1H3,(H,29,30)/b32-19+/t24-,25-,26-/m1/s1. The molecular formula is C28H28N4O5. The van der Waals surface area contributed by atoms with E-state index < -0.39 is 30.5 Å². The fourth-order valence-corrected chi connectivity index (χ4v) is 4.15. The molecule has 0 bridgehead atoms. The summed E-state index contributed by atoms with van der Waals surface area (Å²) in [6.07, 6.45) is -1.81. The number of nitrogens with one attached hydrogen (secondary N) is 1. The molecule has 190 valence electrons. The highest BCUT2D eigenvalue weighted by molar-refractivity contribution is 5.95.